The van der Waals surface area contributed by atoms with Gasteiger partial charge in [0.1, 0.15) is 0 Å². The molecule has 1 heterocycles. The molecule has 1 atom stereocenters. The Balaban J connectivity index is 2.42. The van der Waals surface area contributed by atoms with E-state index in [4.69, 9.17) is 5.11 Å². The molecule has 0 bridgehead atoms. The Labute approximate surface area is 89.3 Å². The van der Waals surface area contributed by atoms with E-state index < -0.39 is 0 Å². The standard InChI is InChI=1S/C11H16N2O2/c1-9(10-4-6-12-7-5-10)13-11(15)3-2-8-14/h4-7,9,14H,2-3,8H2,1H3,(H,13,15). The highest BCUT2D eigenvalue weighted by Gasteiger charge is 2.08. The smallest absolute Gasteiger partial charge is 0.220 e. The number of aliphatic hydroxyl groups is 1. The number of aliphatic hydroxyl groups excluding tert-OH is 1. The minimum Gasteiger partial charge on any atom is -0.396 e. The van der Waals surface area contributed by atoms with Crippen molar-refractivity contribution >= 4 is 5.91 Å². The molecule has 1 aromatic heterocycles. The highest BCUT2D eigenvalue weighted by molar-refractivity contribution is 5.76. The van der Waals surface area contributed by atoms with Crippen molar-refractivity contribution in [3.05, 3.63) is 30.1 Å². The number of pyridine rings is 1. The van der Waals surface area contributed by atoms with Crippen LogP contribution in [-0.2, 0) is 4.79 Å². The molecule has 1 unspecified atom stereocenters. The van der Waals surface area contributed by atoms with Crippen LogP contribution in [0.25, 0.3) is 0 Å². The van der Waals surface area contributed by atoms with Gasteiger partial charge in [-0.1, -0.05) is 0 Å². The zero-order valence-electron chi connectivity index (χ0n) is 8.81. The molecular weight excluding hydrogens is 192 g/mol. The van der Waals surface area contributed by atoms with Crippen molar-refractivity contribution in [3.8, 4) is 0 Å². The molecular formula is C11H16N2O2. The Hall–Kier alpha value is -1.42. The van der Waals surface area contributed by atoms with Crippen LogP contribution in [-0.4, -0.2) is 22.6 Å². The van der Waals surface area contributed by atoms with Crippen LogP contribution in [0.1, 0.15) is 31.4 Å². The maximum absolute atomic E-state index is 11.3. The predicted molar refractivity (Wildman–Crippen MR) is 57.1 cm³/mol. The molecule has 0 saturated carbocycles. The second-order valence-electron chi connectivity index (χ2n) is 3.40. The first kappa shape index (κ1) is 11.7. The van der Waals surface area contributed by atoms with Gasteiger partial charge in [-0.15, -0.1) is 0 Å². The number of aromatic nitrogens is 1. The van der Waals surface area contributed by atoms with Crippen LogP contribution in [0.15, 0.2) is 24.5 Å². The van der Waals surface area contributed by atoms with E-state index in [0.29, 0.717) is 12.8 Å². The zero-order chi connectivity index (χ0) is 11.1. The molecule has 2 N–H and O–H groups in total. The summed E-state index contributed by atoms with van der Waals surface area (Å²) in [5, 5.41) is 11.4. The van der Waals surface area contributed by atoms with E-state index in [1.165, 1.54) is 0 Å². The summed E-state index contributed by atoms with van der Waals surface area (Å²) in [6.07, 6.45) is 4.28. The quantitative estimate of drug-likeness (QED) is 0.759. The molecule has 0 aromatic carbocycles. The lowest BCUT2D eigenvalue weighted by Gasteiger charge is -2.13. The van der Waals surface area contributed by atoms with E-state index in [1.54, 1.807) is 12.4 Å². The van der Waals surface area contributed by atoms with Crippen molar-refractivity contribution in [2.45, 2.75) is 25.8 Å². The van der Waals surface area contributed by atoms with Crippen LogP contribution in [0.5, 0.6) is 0 Å². The van der Waals surface area contributed by atoms with Crippen molar-refractivity contribution in [1.82, 2.24) is 10.3 Å². The molecule has 0 spiro atoms. The third-order valence-electron chi connectivity index (χ3n) is 2.15. The third-order valence-corrected chi connectivity index (χ3v) is 2.15. The Morgan fingerprint density at radius 1 is 1.53 bits per heavy atom. The molecule has 0 aliphatic rings. The number of hydrogen-bond donors (Lipinski definition) is 2. The fourth-order valence-corrected chi connectivity index (χ4v) is 1.29. The van der Waals surface area contributed by atoms with Gasteiger partial charge in [-0.25, -0.2) is 0 Å². The molecule has 0 radical (unpaired) electrons. The molecule has 0 fully saturated rings. The normalized spacial score (nSPS) is 12.1. The molecule has 1 aromatic rings. The van der Waals surface area contributed by atoms with Gasteiger partial charge in [0.2, 0.25) is 5.91 Å². The van der Waals surface area contributed by atoms with Crippen LogP contribution in [0.4, 0.5) is 0 Å². The molecule has 4 heteroatoms. The number of carbonyl (C=O) groups is 1. The van der Waals surface area contributed by atoms with E-state index in [9.17, 15) is 4.79 Å². The van der Waals surface area contributed by atoms with Gasteiger partial charge in [-0.2, -0.15) is 0 Å². The van der Waals surface area contributed by atoms with Gasteiger partial charge in [0.25, 0.3) is 0 Å². The van der Waals surface area contributed by atoms with Gasteiger partial charge in [0.15, 0.2) is 0 Å². The van der Waals surface area contributed by atoms with Gasteiger partial charge < -0.3 is 10.4 Å². The highest BCUT2D eigenvalue weighted by Crippen LogP contribution is 2.10. The maximum atomic E-state index is 11.3. The number of nitrogens with zero attached hydrogens (tertiary/aromatic N) is 1. The predicted octanol–water partition coefficient (Wildman–Crippen LogP) is 1.03. The second kappa shape index (κ2) is 6.14. The van der Waals surface area contributed by atoms with Gasteiger partial charge in [0, 0.05) is 25.4 Å². The second-order valence-corrected chi connectivity index (χ2v) is 3.40. The summed E-state index contributed by atoms with van der Waals surface area (Å²) in [4.78, 5) is 15.3. The average molecular weight is 208 g/mol. The number of nitrogens with one attached hydrogen (secondary N) is 1. The first-order valence-electron chi connectivity index (χ1n) is 5.04. The molecule has 0 saturated heterocycles. The van der Waals surface area contributed by atoms with Crippen LogP contribution >= 0.6 is 0 Å². The molecule has 0 aliphatic heterocycles. The number of amides is 1. The van der Waals surface area contributed by atoms with Crippen LogP contribution in [0, 0.1) is 0 Å². The average Bonchev–Trinajstić information content (AvgIpc) is 2.27. The van der Waals surface area contributed by atoms with Crippen LogP contribution in [0.2, 0.25) is 0 Å². The zero-order valence-corrected chi connectivity index (χ0v) is 8.81. The largest absolute Gasteiger partial charge is 0.396 e. The molecule has 4 nitrogen and oxygen atoms in total. The summed E-state index contributed by atoms with van der Waals surface area (Å²) >= 11 is 0. The topological polar surface area (TPSA) is 62.2 Å². The van der Waals surface area contributed by atoms with Crippen molar-refractivity contribution in [2.24, 2.45) is 0 Å². The Bertz CT molecular complexity index is 301. The number of rotatable bonds is 5. The van der Waals surface area contributed by atoms with Crippen molar-refractivity contribution in [2.75, 3.05) is 6.61 Å². The van der Waals surface area contributed by atoms with Gasteiger partial charge in [-0.3, -0.25) is 9.78 Å². The van der Waals surface area contributed by atoms with Crippen molar-refractivity contribution in [1.29, 1.82) is 0 Å². The summed E-state index contributed by atoms with van der Waals surface area (Å²) in [5.41, 5.74) is 1.03. The monoisotopic (exact) mass is 208 g/mol. The van der Waals surface area contributed by atoms with Crippen molar-refractivity contribution < 1.29 is 9.90 Å². The summed E-state index contributed by atoms with van der Waals surface area (Å²) in [6, 6.07) is 3.73. The number of carbonyl (C=O) groups excluding carboxylic acids is 1. The summed E-state index contributed by atoms with van der Waals surface area (Å²) in [7, 11) is 0. The summed E-state index contributed by atoms with van der Waals surface area (Å²) < 4.78 is 0. The van der Waals surface area contributed by atoms with Gasteiger partial charge in [0.05, 0.1) is 6.04 Å². The van der Waals surface area contributed by atoms with E-state index in [2.05, 4.69) is 10.3 Å². The van der Waals surface area contributed by atoms with E-state index in [1.807, 2.05) is 19.1 Å². The maximum Gasteiger partial charge on any atom is 0.220 e. The van der Waals surface area contributed by atoms with Crippen LogP contribution < -0.4 is 5.32 Å². The lowest BCUT2D eigenvalue weighted by Crippen LogP contribution is -2.26. The van der Waals surface area contributed by atoms with E-state index in [-0.39, 0.29) is 18.6 Å². The van der Waals surface area contributed by atoms with Gasteiger partial charge in [-0.05, 0) is 31.0 Å². The Morgan fingerprint density at radius 3 is 2.80 bits per heavy atom. The van der Waals surface area contributed by atoms with E-state index in [0.717, 1.165) is 5.56 Å². The fourth-order valence-electron chi connectivity index (χ4n) is 1.29. The van der Waals surface area contributed by atoms with Crippen molar-refractivity contribution in [3.63, 3.8) is 0 Å². The Morgan fingerprint density at radius 2 is 2.20 bits per heavy atom. The first-order valence-corrected chi connectivity index (χ1v) is 5.04. The lowest BCUT2D eigenvalue weighted by molar-refractivity contribution is -0.122. The highest BCUT2D eigenvalue weighted by atomic mass is 16.3. The van der Waals surface area contributed by atoms with Gasteiger partial charge >= 0.3 is 0 Å². The molecule has 1 amide bonds. The third kappa shape index (κ3) is 4.08. The summed E-state index contributed by atoms with van der Waals surface area (Å²) in [6.45, 7) is 1.98. The molecule has 82 valence electrons. The fraction of sp³-hybridized carbons (Fsp3) is 0.455. The van der Waals surface area contributed by atoms with Crippen LogP contribution in [0.3, 0.4) is 0 Å². The SMILES string of the molecule is CC(NC(=O)CCCO)c1ccncc1. The number of hydrogen-bond acceptors (Lipinski definition) is 3. The first-order chi connectivity index (χ1) is 7.24. The summed E-state index contributed by atoms with van der Waals surface area (Å²) in [5.74, 6) is -0.0339. The molecule has 1 rings (SSSR count). The Kier molecular flexibility index (Phi) is 4.77. The van der Waals surface area contributed by atoms with E-state index >= 15 is 0 Å². The molecule has 0 aliphatic carbocycles. The minimum absolute atomic E-state index is 0.0146. The minimum atomic E-state index is -0.0339. The lowest BCUT2D eigenvalue weighted by atomic mass is 10.1. The molecule has 15 heavy (non-hydrogen) atoms.